The molecule has 0 unspecified atom stereocenters. The van der Waals surface area contributed by atoms with Crippen molar-refractivity contribution in [2.45, 2.75) is 6.54 Å². The number of halogens is 3. The molecule has 0 bridgehead atoms. The van der Waals surface area contributed by atoms with Crippen molar-refractivity contribution in [1.82, 2.24) is 9.88 Å². The molecule has 0 fully saturated rings. The molecule has 29 heavy (non-hydrogen) atoms. The number of carbonyl (C=O) groups excluding carboxylic acids is 2. The lowest BCUT2D eigenvalue weighted by Gasteiger charge is -2.17. The van der Waals surface area contributed by atoms with Crippen LogP contribution in [-0.2, 0) is 6.54 Å². The first-order valence-corrected chi connectivity index (χ1v) is 8.56. The van der Waals surface area contributed by atoms with Gasteiger partial charge in [0, 0.05) is 26.0 Å². The van der Waals surface area contributed by atoms with Gasteiger partial charge in [-0.3, -0.25) is 14.6 Å². The summed E-state index contributed by atoms with van der Waals surface area (Å²) in [6.07, 6.45) is 2.49. The molecule has 8 heteroatoms. The van der Waals surface area contributed by atoms with Crippen molar-refractivity contribution in [3.63, 3.8) is 0 Å². The fourth-order valence-corrected chi connectivity index (χ4v) is 2.65. The Morgan fingerprint density at radius 2 is 1.66 bits per heavy atom. The Kier molecular flexibility index (Phi) is 5.92. The minimum absolute atomic E-state index is 0.0342. The van der Waals surface area contributed by atoms with E-state index in [1.54, 1.807) is 7.05 Å². The molecular formula is C21H16F3N3O2. The summed E-state index contributed by atoms with van der Waals surface area (Å²) < 4.78 is 40.1. The fraction of sp³-hybridized carbons (Fsp3) is 0.0952. The van der Waals surface area contributed by atoms with Gasteiger partial charge in [-0.1, -0.05) is 30.3 Å². The number of anilines is 1. The van der Waals surface area contributed by atoms with Gasteiger partial charge in [-0.05, 0) is 23.8 Å². The normalized spacial score (nSPS) is 10.5. The first kappa shape index (κ1) is 20.1. The summed E-state index contributed by atoms with van der Waals surface area (Å²) >= 11 is 0. The van der Waals surface area contributed by atoms with Gasteiger partial charge < -0.3 is 10.2 Å². The van der Waals surface area contributed by atoms with Crippen LogP contribution in [0.15, 0.2) is 60.9 Å². The molecule has 1 heterocycles. The van der Waals surface area contributed by atoms with E-state index in [1.807, 2.05) is 30.3 Å². The predicted octanol–water partition coefficient (Wildman–Crippen LogP) is 4.02. The highest BCUT2D eigenvalue weighted by atomic mass is 19.2. The van der Waals surface area contributed by atoms with Crippen molar-refractivity contribution >= 4 is 17.5 Å². The zero-order valence-corrected chi connectivity index (χ0v) is 15.3. The maximum Gasteiger partial charge on any atom is 0.257 e. The molecule has 0 saturated carbocycles. The van der Waals surface area contributed by atoms with Crippen LogP contribution in [0.5, 0.6) is 0 Å². The van der Waals surface area contributed by atoms with Crippen molar-refractivity contribution < 1.29 is 22.8 Å². The van der Waals surface area contributed by atoms with Crippen LogP contribution in [0.2, 0.25) is 0 Å². The van der Waals surface area contributed by atoms with Crippen LogP contribution in [0.4, 0.5) is 18.9 Å². The van der Waals surface area contributed by atoms with E-state index in [-0.39, 0.29) is 17.0 Å². The molecule has 0 aliphatic rings. The minimum atomic E-state index is -1.69. The SMILES string of the molecule is CN(Cc1ccccc1)C(=O)c1cncc(C(=O)Nc2ccc(F)c(F)c2F)c1. The predicted molar refractivity (Wildman–Crippen MR) is 101 cm³/mol. The van der Waals surface area contributed by atoms with Gasteiger partial charge in [0.1, 0.15) is 0 Å². The van der Waals surface area contributed by atoms with Gasteiger partial charge in [0.2, 0.25) is 0 Å². The molecule has 0 saturated heterocycles. The molecule has 0 aliphatic carbocycles. The van der Waals surface area contributed by atoms with E-state index >= 15 is 0 Å². The largest absolute Gasteiger partial charge is 0.337 e. The Morgan fingerprint density at radius 3 is 2.38 bits per heavy atom. The van der Waals surface area contributed by atoms with Crippen molar-refractivity contribution in [3.8, 4) is 0 Å². The number of rotatable bonds is 5. The van der Waals surface area contributed by atoms with Crippen LogP contribution in [0, 0.1) is 17.5 Å². The molecule has 1 aromatic heterocycles. The van der Waals surface area contributed by atoms with Crippen LogP contribution in [0.3, 0.4) is 0 Å². The zero-order valence-electron chi connectivity index (χ0n) is 15.3. The number of nitrogens with one attached hydrogen (secondary N) is 1. The van der Waals surface area contributed by atoms with Gasteiger partial charge in [0.25, 0.3) is 11.8 Å². The molecule has 0 aliphatic heterocycles. The summed E-state index contributed by atoms with van der Waals surface area (Å²) in [6.45, 7) is 0.357. The Labute approximate surface area is 164 Å². The average molecular weight is 399 g/mol. The summed E-state index contributed by atoms with van der Waals surface area (Å²) in [5.41, 5.74) is 0.528. The number of carbonyl (C=O) groups is 2. The number of hydrogen-bond donors (Lipinski definition) is 1. The third kappa shape index (κ3) is 4.60. The van der Waals surface area contributed by atoms with E-state index in [0.29, 0.717) is 12.6 Å². The van der Waals surface area contributed by atoms with Crippen LogP contribution < -0.4 is 5.32 Å². The smallest absolute Gasteiger partial charge is 0.257 e. The first-order valence-electron chi connectivity index (χ1n) is 8.56. The van der Waals surface area contributed by atoms with E-state index in [4.69, 9.17) is 0 Å². The summed E-state index contributed by atoms with van der Waals surface area (Å²) in [5.74, 6) is -5.75. The van der Waals surface area contributed by atoms with E-state index in [9.17, 15) is 22.8 Å². The molecule has 0 radical (unpaired) electrons. The Bertz CT molecular complexity index is 1060. The topological polar surface area (TPSA) is 62.3 Å². The third-order valence-corrected chi connectivity index (χ3v) is 4.14. The average Bonchev–Trinajstić information content (AvgIpc) is 2.74. The second kappa shape index (κ2) is 8.55. The van der Waals surface area contributed by atoms with Gasteiger partial charge in [-0.15, -0.1) is 0 Å². The molecule has 3 aromatic rings. The van der Waals surface area contributed by atoms with Gasteiger partial charge in [-0.25, -0.2) is 13.2 Å². The number of aromatic nitrogens is 1. The molecule has 5 nitrogen and oxygen atoms in total. The molecule has 148 valence electrons. The number of amides is 2. The van der Waals surface area contributed by atoms with Crippen LogP contribution in [0.1, 0.15) is 26.3 Å². The highest BCUT2D eigenvalue weighted by Gasteiger charge is 2.18. The quantitative estimate of drug-likeness (QED) is 0.659. The van der Waals surface area contributed by atoms with Gasteiger partial charge >= 0.3 is 0 Å². The molecule has 2 amide bonds. The van der Waals surface area contributed by atoms with E-state index in [0.717, 1.165) is 11.6 Å². The Hall–Kier alpha value is -3.68. The standard InChI is InChI=1S/C21H16F3N3O2/c1-27(12-13-5-3-2-4-6-13)21(29)15-9-14(10-25-11-15)20(28)26-17-8-7-16(22)18(23)19(17)24/h2-11H,12H2,1H3,(H,26,28). The van der Waals surface area contributed by atoms with Crippen molar-refractivity contribution in [3.05, 3.63) is 95.1 Å². The van der Waals surface area contributed by atoms with Crippen molar-refractivity contribution in [2.24, 2.45) is 0 Å². The lowest BCUT2D eigenvalue weighted by atomic mass is 10.1. The summed E-state index contributed by atoms with van der Waals surface area (Å²) in [4.78, 5) is 30.3. The number of benzene rings is 2. The van der Waals surface area contributed by atoms with Gasteiger partial charge in [0.05, 0.1) is 16.8 Å². The lowest BCUT2D eigenvalue weighted by molar-refractivity contribution is 0.0784. The van der Waals surface area contributed by atoms with E-state index < -0.39 is 29.0 Å². The van der Waals surface area contributed by atoms with Crippen LogP contribution >= 0.6 is 0 Å². The summed E-state index contributed by atoms with van der Waals surface area (Å²) in [7, 11) is 1.61. The van der Waals surface area contributed by atoms with Crippen molar-refractivity contribution in [1.29, 1.82) is 0 Å². The van der Waals surface area contributed by atoms with Gasteiger partial charge in [0.15, 0.2) is 17.5 Å². The maximum absolute atomic E-state index is 13.8. The minimum Gasteiger partial charge on any atom is -0.337 e. The monoisotopic (exact) mass is 399 g/mol. The third-order valence-electron chi connectivity index (χ3n) is 4.14. The van der Waals surface area contributed by atoms with E-state index in [2.05, 4.69) is 10.3 Å². The summed E-state index contributed by atoms with van der Waals surface area (Å²) in [5, 5.41) is 2.14. The molecule has 2 aromatic carbocycles. The van der Waals surface area contributed by atoms with Gasteiger partial charge in [-0.2, -0.15) is 0 Å². The first-order chi connectivity index (χ1) is 13.9. The molecule has 3 rings (SSSR count). The second-order valence-electron chi connectivity index (χ2n) is 6.29. The van der Waals surface area contributed by atoms with Crippen molar-refractivity contribution in [2.75, 3.05) is 12.4 Å². The fourth-order valence-electron chi connectivity index (χ4n) is 2.65. The Balaban J connectivity index is 1.75. The maximum atomic E-state index is 13.8. The molecule has 0 spiro atoms. The molecule has 1 N–H and O–H groups in total. The number of pyridine rings is 1. The zero-order chi connectivity index (χ0) is 21.0. The second-order valence-corrected chi connectivity index (χ2v) is 6.29. The van der Waals surface area contributed by atoms with E-state index in [1.165, 1.54) is 23.4 Å². The molecule has 0 atom stereocenters. The number of nitrogens with zero attached hydrogens (tertiary/aromatic N) is 2. The lowest BCUT2D eigenvalue weighted by Crippen LogP contribution is -2.26. The highest BCUT2D eigenvalue weighted by molar-refractivity contribution is 6.05. The molecular weight excluding hydrogens is 383 g/mol. The van der Waals surface area contributed by atoms with Crippen LogP contribution in [-0.4, -0.2) is 28.7 Å². The van der Waals surface area contributed by atoms with Crippen LogP contribution in [0.25, 0.3) is 0 Å². The number of hydrogen-bond acceptors (Lipinski definition) is 3. The summed E-state index contributed by atoms with van der Waals surface area (Å²) in [6, 6.07) is 12.2. The Morgan fingerprint density at radius 1 is 0.966 bits per heavy atom. The highest BCUT2D eigenvalue weighted by Crippen LogP contribution is 2.20.